The Bertz CT molecular complexity index is 423. The predicted octanol–water partition coefficient (Wildman–Crippen LogP) is 2.58. The number of rotatable bonds is 3. The average Bonchev–Trinajstić information content (AvgIpc) is 2.80. The fourth-order valence-electron chi connectivity index (χ4n) is 2.12. The van der Waals surface area contributed by atoms with E-state index in [2.05, 4.69) is 23.4 Å². The van der Waals surface area contributed by atoms with Crippen molar-refractivity contribution in [1.82, 2.24) is 14.5 Å². The van der Waals surface area contributed by atoms with Gasteiger partial charge in [-0.3, -0.25) is 4.79 Å². The molecule has 1 aromatic heterocycles. The van der Waals surface area contributed by atoms with Gasteiger partial charge in [0, 0.05) is 13.1 Å². The van der Waals surface area contributed by atoms with Crippen LogP contribution in [0.15, 0.2) is 0 Å². The summed E-state index contributed by atoms with van der Waals surface area (Å²) in [6, 6.07) is 0. The molecule has 100 valence electrons. The van der Waals surface area contributed by atoms with Crippen LogP contribution in [-0.4, -0.2) is 38.9 Å². The highest BCUT2D eigenvalue weighted by Crippen LogP contribution is 2.24. The summed E-state index contributed by atoms with van der Waals surface area (Å²) in [5.74, 6) is 0.524. The minimum atomic E-state index is 0.0472. The van der Waals surface area contributed by atoms with Gasteiger partial charge in [0.05, 0.1) is 11.1 Å². The Morgan fingerprint density at radius 3 is 3.06 bits per heavy atom. The van der Waals surface area contributed by atoms with Crippen molar-refractivity contribution in [3.8, 4) is 0 Å². The van der Waals surface area contributed by atoms with Crippen LogP contribution in [0.2, 0.25) is 0 Å². The lowest BCUT2D eigenvalue weighted by molar-refractivity contribution is 0.0705. The lowest BCUT2D eigenvalue weighted by atomic mass is 9.98. The zero-order valence-corrected chi connectivity index (χ0v) is 12.3. The van der Waals surface area contributed by atoms with E-state index in [0.717, 1.165) is 31.5 Å². The van der Waals surface area contributed by atoms with Gasteiger partial charge in [-0.15, -0.1) is 16.7 Å². The van der Waals surface area contributed by atoms with E-state index < -0.39 is 0 Å². The first-order valence-corrected chi connectivity index (χ1v) is 7.59. The van der Waals surface area contributed by atoms with Crippen molar-refractivity contribution in [2.45, 2.75) is 38.5 Å². The van der Waals surface area contributed by atoms with Crippen molar-refractivity contribution in [2.75, 3.05) is 13.1 Å². The molecule has 4 nitrogen and oxygen atoms in total. The van der Waals surface area contributed by atoms with E-state index in [1.165, 1.54) is 11.5 Å². The van der Waals surface area contributed by atoms with E-state index in [1.807, 2.05) is 4.90 Å². The summed E-state index contributed by atoms with van der Waals surface area (Å²) >= 11 is 7.44. The molecule has 0 aliphatic carbocycles. The van der Waals surface area contributed by atoms with E-state index >= 15 is 0 Å². The average molecular weight is 288 g/mol. The Morgan fingerprint density at radius 2 is 2.39 bits per heavy atom. The van der Waals surface area contributed by atoms with Crippen molar-refractivity contribution in [3.05, 3.63) is 10.6 Å². The highest BCUT2D eigenvalue weighted by atomic mass is 35.5. The summed E-state index contributed by atoms with van der Waals surface area (Å²) < 4.78 is 3.90. The minimum absolute atomic E-state index is 0.0472. The van der Waals surface area contributed by atoms with Crippen LogP contribution < -0.4 is 0 Å². The number of carbonyl (C=O) groups is 1. The molecule has 0 bridgehead atoms. The summed E-state index contributed by atoms with van der Waals surface area (Å²) in [5.41, 5.74) is 0.831. The number of hydrogen-bond acceptors (Lipinski definition) is 4. The first-order valence-electron chi connectivity index (χ1n) is 6.38. The van der Waals surface area contributed by atoms with Crippen LogP contribution in [0.3, 0.4) is 0 Å². The molecule has 2 heterocycles. The van der Waals surface area contributed by atoms with Gasteiger partial charge in [-0.25, -0.2) is 0 Å². The van der Waals surface area contributed by atoms with Crippen molar-refractivity contribution < 1.29 is 4.79 Å². The molecular formula is C12H18ClN3OS. The fourth-order valence-corrected chi connectivity index (χ4v) is 3.09. The number of alkyl halides is 1. The standard InChI is InChI=1S/C12H18ClN3OS/c1-3-4-10-11(18-15-14-10)12(17)16-6-5-8(2)9(13)7-16/h8-9H,3-7H2,1-2H3. The van der Waals surface area contributed by atoms with E-state index in [0.29, 0.717) is 17.3 Å². The van der Waals surface area contributed by atoms with Crippen LogP contribution in [0.4, 0.5) is 0 Å². The van der Waals surface area contributed by atoms with Gasteiger partial charge in [0.15, 0.2) is 0 Å². The number of amides is 1. The third-order valence-corrected chi connectivity index (χ3v) is 4.71. The van der Waals surface area contributed by atoms with Crippen molar-refractivity contribution in [3.63, 3.8) is 0 Å². The first kappa shape index (κ1) is 13.7. The number of hydrogen-bond donors (Lipinski definition) is 0. The third-order valence-electron chi connectivity index (χ3n) is 3.39. The largest absolute Gasteiger partial charge is 0.336 e. The molecule has 1 aliphatic heterocycles. The molecule has 0 N–H and O–H groups in total. The monoisotopic (exact) mass is 287 g/mol. The second kappa shape index (κ2) is 5.97. The zero-order valence-electron chi connectivity index (χ0n) is 10.7. The van der Waals surface area contributed by atoms with Crippen LogP contribution in [0.5, 0.6) is 0 Å². The molecule has 6 heteroatoms. The maximum absolute atomic E-state index is 12.4. The Labute approximate surface area is 116 Å². The number of piperidine rings is 1. The molecular weight excluding hydrogens is 270 g/mol. The Kier molecular flexibility index (Phi) is 4.56. The molecule has 0 radical (unpaired) electrons. The van der Waals surface area contributed by atoms with Crippen LogP contribution in [0.1, 0.15) is 42.1 Å². The van der Waals surface area contributed by atoms with Crippen molar-refractivity contribution >= 4 is 29.0 Å². The summed E-state index contributed by atoms with van der Waals surface area (Å²) in [7, 11) is 0. The zero-order chi connectivity index (χ0) is 13.1. The highest BCUT2D eigenvalue weighted by Gasteiger charge is 2.30. The van der Waals surface area contributed by atoms with Gasteiger partial charge in [0.1, 0.15) is 4.88 Å². The summed E-state index contributed by atoms with van der Waals surface area (Å²) in [6.07, 6.45) is 2.75. The van der Waals surface area contributed by atoms with Crippen molar-refractivity contribution in [2.24, 2.45) is 5.92 Å². The predicted molar refractivity (Wildman–Crippen MR) is 73.2 cm³/mol. The van der Waals surface area contributed by atoms with Gasteiger partial charge in [0.2, 0.25) is 0 Å². The molecule has 2 atom stereocenters. The number of halogens is 1. The maximum atomic E-state index is 12.4. The molecule has 2 rings (SSSR count). The quantitative estimate of drug-likeness (QED) is 0.803. The molecule has 1 fully saturated rings. The third kappa shape index (κ3) is 2.83. The van der Waals surface area contributed by atoms with Crippen LogP contribution in [0, 0.1) is 5.92 Å². The first-order chi connectivity index (χ1) is 8.63. The molecule has 1 amide bonds. The summed E-state index contributed by atoms with van der Waals surface area (Å²) in [5, 5.41) is 4.10. The van der Waals surface area contributed by atoms with Crippen molar-refractivity contribution in [1.29, 1.82) is 0 Å². The smallest absolute Gasteiger partial charge is 0.267 e. The molecule has 2 unspecified atom stereocenters. The Balaban J connectivity index is 2.09. The van der Waals surface area contributed by atoms with Gasteiger partial charge in [0.25, 0.3) is 5.91 Å². The van der Waals surface area contributed by atoms with Crippen LogP contribution >= 0.6 is 23.1 Å². The number of carbonyl (C=O) groups excluding carboxylic acids is 1. The number of aromatic nitrogens is 2. The molecule has 0 aromatic carbocycles. The molecule has 1 aliphatic rings. The summed E-state index contributed by atoms with van der Waals surface area (Å²) in [6.45, 7) is 5.62. The number of aryl methyl sites for hydroxylation is 1. The molecule has 0 spiro atoms. The number of nitrogens with zero attached hydrogens (tertiary/aromatic N) is 3. The van der Waals surface area contributed by atoms with E-state index in [9.17, 15) is 4.79 Å². The lowest BCUT2D eigenvalue weighted by Crippen LogP contribution is -2.43. The topological polar surface area (TPSA) is 46.1 Å². The highest BCUT2D eigenvalue weighted by molar-refractivity contribution is 7.08. The van der Waals surface area contributed by atoms with Gasteiger partial charge in [-0.05, 0) is 30.3 Å². The molecule has 1 aromatic rings. The molecule has 18 heavy (non-hydrogen) atoms. The fraction of sp³-hybridized carbons (Fsp3) is 0.750. The van der Waals surface area contributed by atoms with E-state index in [1.54, 1.807) is 0 Å². The van der Waals surface area contributed by atoms with Gasteiger partial charge in [-0.2, -0.15) is 0 Å². The van der Waals surface area contributed by atoms with E-state index in [-0.39, 0.29) is 11.3 Å². The second-order valence-corrected chi connectivity index (χ2v) is 6.15. The minimum Gasteiger partial charge on any atom is -0.336 e. The Morgan fingerprint density at radius 1 is 1.61 bits per heavy atom. The summed E-state index contributed by atoms with van der Waals surface area (Å²) in [4.78, 5) is 14.9. The molecule has 1 saturated heterocycles. The van der Waals surface area contributed by atoms with Gasteiger partial charge >= 0.3 is 0 Å². The second-order valence-electron chi connectivity index (χ2n) is 4.83. The Hall–Kier alpha value is -0.680. The SMILES string of the molecule is CCCc1nnsc1C(=O)N1CCC(C)C(Cl)C1. The lowest BCUT2D eigenvalue weighted by Gasteiger charge is -2.33. The van der Waals surface area contributed by atoms with Crippen LogP contribution in [0.25, 0.3) is 0 Å². The normalized spacial score (nSPS) is 24.3. The van der Waals surface area contributed by atoms with E-state index in [4.69, 9.17) is 11.6 Å². The van der Waals surface area contributed by atoms with Gasteiger partial charge < -0.3 is 4.90 Å². The molecule has 0 saturated carbocycles. The maximum Gasteiger partial charge on any atom is 0.267 e. The number of likely N-dealkylation sites (tertiary alicyclic amines) is 1. The van der Waals surface area contributed by atoms with Crippen LogP contribution in [-0.2, 0) is 6.42 Å². The van der Waals surface area contributed by atoms with Gasteiger partial charge in [-0.1, -0.05) is 24.8 Å².